The van der Waals surface area contributed by atoms with Gasteiger partial charge in [0.2, 0.25) is 0 Å². The molecule has 2 N–H and O–H groups in total. The lowest BCUT2D eigenvalue weighted by molar-refractivity contribution is -0.137. The number of methoxy groups -OCH3 is 1. The molecule has 0 unspecified atom stereocenters. The van der Waals surface area contributed by atoms with Crippen molar-refractivity contribution in [3.05, 3.63) is 83.4 Å². The Bertz CT molecular complexity index is 1160. The molecule has 0 fully saturated rings. The van der Waals surface area contributed by atoms with Crippen LogP contribution in [0.1, 0.15) is 33.2 Å². The molecule has 0 heterocycles. The number of alkyl halides is 3. The first kappa shape index (κ1) is 23.6. The second-order valence-corrected chi connectivity index (χ2v) is 6.87. The molecule has 172 valence electrons. The van der Waals surface area contributed by atoms with Crippen molar-refractivity contribution in [3.8, 4) is 5.75 Å². The van der Waals surface area contributed by atoms with Crippen LogP contribution in [-0.4, -0.2) is 25.6 Å². The fourth-order valence-electron chi connectivity index (χ4n) is 3.02. The van der Waals surface area contributed by atoms with Crippen LogP contribution in [0.5, 0.6) is 5.75 Å². The number of carbonyl (C=O) groups excluding carboxylic acids is 2. The van der Waals surface area contributed by atoms with Gasteiger partial charge in [-0.3, -0.25) is 4.79 Å². The summed E-state index contributed by atoms with van der Waals surface area (Å²) in [6, 6.07) is 15.5. The van der Waals surface area contributed by atoms with Gasteiger partial charge in [0, 0.05) is 16.9 Å². The Labute approximate surface area is 188 Å². The number of esters is 1. The molecule has 3 aromatic rings. The van der Waals surface area contributed by atoms with Crippen LogP contribution < -0.4 is 15.4 Å². The van der Waals surface area contributed by atoms with E-state index in [0.29, 0.717) is 17.1 Å². The van der Waals surface area contributed by atoms with E-state index in [2.05, 4.69) is 10.6 Å². The molecule has 0 radical (unpaired) electrons. The number of amides is 1. The predicted molar refractivity (Wildman–Crippen MR) is 118 cm³/mol. The van der Waals surface area contributed by atoms with E-state index in [4.69, 9.17) is 9.47 Å². The van der Waals surface area contributed by atoms with Crippen molar-refractivity contribution in [1.29, 1.82) is 0 Å². The highest BCUT2D eigenvalue weighted by molar-refractivity contribution is 6.05. The highest BCUT2D eigenvalue weighted by Crippen LogP contribution is 2.33. The van der Waals surface area contributed by atoms with Gasteiger partial charge in [-0.05, 0) is 61.5 Å². The molecule has 0 atom stereocenters. The van der Waals surface area contributed by atoms with E-state index in [9.17, 15) is 22.8 Å². The van der Waals surface area contributed by atoms with Crippen LogP contribution in [-0.2, 0) is 10.9 Å². The zero-order chi connectivity index (χ0) is 24.0. The van der Waals surface area contributed by atoms with Gasteiger partial charge in [0.15, 0.2) is 0 Å². The Hall–Kier alpha value is -4.01. The number of ether oxygens (including phenoxy) is 2. The summed E-state index contributed by atoms with van der Waals surface area (Å²) in [6.45, 7) is 1.92. The standard InChI is InChI=1S/C24H21F3N2O4/c1-3-33-23(31)16-6-4-8-18(12-16)29-22(30)15-10-11-21(32-2)20(13-15)28-19-9-5-7-17(14-19)24(25,26)27/h4-14,28H,3H2,1-2H3,(H,29,30). The maximum Gasteiger partial charge on any atom is 0.416 e. The van der Waals surface area contributed by atoms with E-state index in [1.165, 1.54) is 43.5 Å². The monoisotopic (exact) mass is 458 g/mol. The molecule has 0 aromatic heterocycles. The van der Waals surface area contributed by atoms with Crippen LogP contribution in [0.3, 0.4) is 0 Å². The van der Waals surface area contributed by atoms with Gasteiger partial charge in [0.05, 0.1) is 30.5 Å². The Morgan fingerprint density at radius 2 is 1.64 bits per heavy atom. The van der Waals surface area contributed by atoms with Gasteiger partial charge in [-0.2, -0.15) is 13.2 Å². The Kier molecular flexibility index (Phi) is 7.22. The van der Waals surface area contributed by atoms with Crippen molar-refractivity contribution >= 4 is 28.9 Å². The SMILES string of the molecule is CCOC(=O)c1cccc(NC(=O)c2ccc(OC)c(Nc3cccc(C(F)(F)F)c3)c2)c1. The lowest BCUT2D eigenvalue weighted by atomic mass is 10.1. The van der Waals surface area contributed by atoms with Gasteiger partial charge in [0.25, 0.3) is 5.91 Å². The lowest BCUT2D eigenvalue weighted by Gasteiger charge is -2.15. The quantitative estimate of drug-likeness (QED) is 0.432. The number of halogens is 3. The van der Waals surface area contributed by atoms with Crippen LogP contribution in [0.2, 0.25) is 0 Å². The van der Waals surface area contributed by atoms with Crippen LogP contribution in [0.4, 0.5) is 30.2 Å². The predicted octanol–water partition coefficient (Wildman–Crippen LogP) is 5.89. The molecular weight excluding hydrogens is 437 g/mol. The molecule has 0 aliphatic rings. The molecule has 0 bridgehead atoms. The number of anilines is 3. The highest BCUT2D eigenvalue weighted by Gasteiger charge is 2.30. The summed E-state index contributed by atoms with van der Waals surface area (Å²) in [5, 5.41) is 5.56. The van der Waals surface area contributed by atoms with Gasteiger partial charge >= 0.3 is 12.1 Å². The molecule has 0 saturated carbocycles. The molecule has 1 amide bonds. The van der Waals surface area contributed by atoms with Crippen LogP contribution in [0, 0.1) is 0 Å². The fourth-order valence-corrected chi connectivity index (χ4v) is 3.02. The largest absolute Gasteiger partial charge is 0.495 e. The highest BCUT2D eigenvalue weighted by atomic mass is 19.4. The van der Waals surface area contributed by atoms with E-state index >= 15 is 0 Å². The summed E-state index contributed by atoms with van der Waals surface area (Å²) in [7, 11) is 1.41. The zero-order valence-electron chi connectivity index (χ0n) is 17.8. The number of benzene rings is 3. The maximum atomic E-state index is 13.0. The Morgan fingerprint density at radius 3 is 2.33 bits per heavy atom. The first-order valence-corrected chi connectivity index (χ1v) is 9.92. The minimum Gasteiger partial charge on any atom is -0.495 e. The molecule has 0 spiro atoms. The third-order valence-corrected chi connectivity index (χ3v) is 4.56. The van der Waals surface area contributed by atoms with Crippen molar-refractivity contribution in [3.63, 3.8) is 0 Å². The third-order valence-electron chi connectivity index (χ3n) is 4.56. The second-order valence-electron chi connectivity index (χ2n) is 6.87. The summed E-state index contributed by atoms with van der Waals surface area (Å²) < 4.78 is 49.3. The Balaban J connectivity index is 1.83. The number of hydrogen-bond acceptors (Lipinski definition) is 5. The molecule has 0 aliphatic heterocycles. The van der Waals surface area contributed by atoms with Gasteiger partial charge in [-0.15, -0.1) is 0 Å². The topological polar surface area (TPSA) is 76.7 Å². The zero-order valence-corrected chi connectivity index (χ0v) is 17.8. The number of carbonyl (C=O) groups is 2. The van der Waals surface area contributed by atoms with Gasteiger partial charge < -0.3 is 20.1 Å². The average molecular weight is 458 g/mol. The van der Waals surface area contributed by atoms with Crippen molar-refractivity contribution in [1.82, 2.24) is 0 Å². The van der Waals surface area contributed by atoms with Crippen molar-refractivity contribution in [2.24, 2.45) is 0 Å². The summed E-state index contributed by atoms with van der Waals surface area (Å²) >= 11 is 0. The van der Waals surface area contributed by atoms with Gasteiger partial charge in [-0.25, -0.2) is 4.79 Å². The minimum absolute atomic E-state index is 0.183. The molecular formula is C24H21F3N2O4. The van der Waals surface area contributed by atoms with Crippen molar-refractivity contribution in [2.75, 3.05) is 24.4 Å². The first-order chi connectivity index (χ1) is 15.7. The number of rotatable bonds is 7. The van der Waals surface area contributed by atoms with Gasteiger partial charge in [0.1, 0.15) is 5.75 Å². The van der Waals surface area contributed by atoms with E-state index in [0.717, 1.165) is 12.1 Å². The molecule has 0 aliphatic carbocycles. The molecule has 33 heavy (non-hydrogen) atoms. The van der Waals surface area contributed by atoms with E-state index < -0.39 is 23.6 Å². The second kappa shape index (κ2) is 10.1. The van der Waals surface area contributed by atoms with Gasteiger partial charge in [-0.1, -0.05) is 12.1 Å². The number of hydrogen-bond donors (Lipinski definition) is 2. The normalized spacial score (nSPS) is 10.9. The molecule has 3 aromatic carbocycles. The van der Waals surface area contributed by atoms with Crippen LogP contribution >= 0.6 is 0 Å². The number of nitrogens with one attached hydrogen (secondary N) is 2. The lowest BCUT2D eigenvalue weighted by Crippen LogP contribution is -2.13. The van der Waals surface area contributed by atoms with Crippen molar-refractivity contribution < 1.29 is 32.2 Å². The Morgan fingerprint density at radius 1 is 0.909 bits per heavy atom. The summed E-state index contributed by atoms with van der Waals surface area (Å²) in [5.74, 6) is -0.648. The third kappa shape index (κ3) is 6.03. The first-order valence-electron chi connectivity index (χ1n) is 9.92. The molecule has 6 nitrogen and oxygen atoms in total. The minimum atomic E-state index is -4.48. The maximum absolute atomic E-state index is 13.0. The van der Waals surface area contributed by atoms with Crippen LogP contribution in [0.15, 0.2) is 66.7 Å². The van der Waals surface area contributed by atoms with E-state index in [-0.39, 0.29) is 23.4 Å². The molecule has 3 rings (SSSR count). The van der Waals surface area contributed by atoms with Crippen molar-refractivity contribution in [2.45, 2.75) is 13.1 Å². The average Bonchev–Trinajstić information content (AvgIpc) is 2.79. The van der Waals surface area contributed by atoms with Crippen LogP contribution in [0.25, 0.3) is 0 Å². The summed E-state index contributed by atoms with van der Waals surface area (Å²) in [4.78, 5) is 24.7. The van der Waals surface area contributed by atoms with E-state index in [1.54, 1.807) is 25.1 Å². The fraction of sp³-hybridized carbons (Fsp3) is 0.167. The summed E-state index contributed by atoms with van der Waals surface area (Å²) in [6.07, 6.45) is -4.48. The molecule has 0 saturated heterocycles. The van der Waals surface area contributed by atoms with E-state index in [1.807, 2.05) is 0 Å². The summed E-state index contributed by atoms with van der Waals surface area (Å²) in [5.41, 5.74) is 0.589. The smallest absolute Gasteiger partial charge is 0.416 e. The molecule has 9 heteroatoms.